The number of rotatable bonds is 1. The Kier molecular flexibility index (Phi) is 3.72. The van der Waals surface area contributed by atoms with E-state index in [1.54, 1.807) is 6.92 Å². The lowest BCUT2D eigenvalue weighted by atomic mass is 10.2. The number of anilines is 1. The van der Waals surface area contributed by atoms with Crippen LogP contribution in [0.1, 0.15) is 12.5 Å². The van der Waals surface area contributed by atoms with Gasteiger partial charge in [0.25, 0.3) is 0 Å². The Hall–Kier alpha value is -1.03. The van der Waals surface area contributed by atoms with Crippen molar-refractivity contribution >= 4 is 27.5 Å². The van der Waals surface area contributed by atoms with E-state index in [4.69, 9.17) is 0 Å². The van der Waals surface area contributed by atoms with Crippen LogP contribution < -0.4 is 4.90 Å². The summed E-state index contributed by atoms with van der Waals surface area (Å²) in [5.41, 5.74) is 2.47. The number of carbonyl (C=O) groups is 1. The number of piperazine rings is 1. The molecule has 0 spiro atoms. The van der Waals surface area contributed by atoms with Crippen molar-refractivity contribution in [3.63, 3.8) is 0 Å². The van der Waals surface area contributed by atoms with Crippen LogP contribution in [0.4, 0.5) is 5.69 Å². The fourth-order valence-electron chi connectivity index (χ4n) is 2.13. The molecule has 0 saturated carbocycles. The third-order valence-electron chi connectivity index (χ3n) is 3.17. The molecule has 92 valence electrons. The van der Waals surface area contributed by atoms with Gasteiger partial charge in [0, 0.05) is 37.6 Å². The fourth-order valence-corrected chi connectivity index (χ4v) is 2.87. The Morgan fingerprint density at radius 3 is 2.41 bits per heavy atom. The van der Waals surface area contributed by atoms with Crippen LogP contribution in [-0.4, -0.2) is 37.0 Å². The van der Waals surface area contributed by atoms with Gasteiger partial charge in [-0.15, -0.1) is 0 Å². The molecule has 1 aromatic carbocycles. The first kappa shape index (κ1) is 12.4. The number of amides is 1. The zero-order valence-electron chi connectivity index (χ0n) is 10.2. The van der Waals surface area contributed by atoms with Gasteiger partial charge in [-0.1, -0.05) is 6.07 Å². The summed E-state index contributed by atoms with van der Waals surface area (Å²) in [5.74, 6) is 0.174. The summed E-state index contributed by atoms with van der Waals surface area (Å²) in [6, 6.07) is 6.40. The average molecular weight is 297 g/mol. The maximum Gasteiger partial charge on any atom is 0.219 e. The third kappa shape index (κ3) is 2.80. The SMILES string of the molecule is CC(=O)N1CCN(c2ccc(C)cc2Br)CC1. The molecule has 0 radical (unpaired) electrons. The van der Waals surface area contributed by atoms with E-state index in [1.807, 2.05) is 4.90 Å². The van der Waals surface area contributed by atoms with Gasteiger partial charge in [0.1, 0.15) is 0 Å². The molecule has 1 aliphatic rings. The molecule has 3 nitrogen and oxygen atoms in total. The molecule has 1 amide bonds. The van der Waals surface area contributed by atoms with Crippen molar-refractivity contribution < 1.29 is 4.79 Å². The average Bonchev–Trinajstić information content (AvgIpc) is 2.29. The van der Waals surface area contributed by atoms with E-state index in [1.165, 1.54) is 11.3 Å². The number of carbonyl (C=O) groups excluding carboxylic acids is 1. The van der Waals surface area contributed by atoms with E-state index in [0.29, 0.717) is 0 Å². The third-order valence-corrected chi connectivity index (χ3v) is 3.80. The van der Waals surface area contributed by atoms with Crippen LogP contribution in [-0.2, 0) is 4.79 Å². The van der Waals surface area contributed by atoms with E-state index in [0.717, 1.165) is 30.7 Å². The predicted octanol–water partition coefficient (Wildman–Crippen LogP) is 2.43. The highest BCUT2D eigenvalue weighted by molar-refractivity contribution is 9.10. The molecule has 0 atom stereocenters. The van der Waals surface area contributed by atoms with Crippen molar-refractivity contribution in [2.24, 2.45) is 0 Å². The van der Waals surface area contributed by atoms with Crippen molar-refractivity contribution in [2.45, 2.75) is 13.8 Å². The number of hydrogen-bond acceptors (Lipinski definition) is 2. The molecule has 0 aromatic heterocycles. The first-order valence-electron chi connectivity index (χ1n) is 5.84. The maximum absolute atomic E-state index is 11.3. The molecule has 1 fully saturated rings. The van der Waals surface area contributed by atoms with Gasteiger partial charge in [-0.3, -0.25) is 4.79 Å². The fraction of sp³-hybridized carbons (Fsp3) is 0.462. The molecule has 0 bridgehead atoms. The van der Waals surface area contributed by atoms with Crippen molar-refractivity contribution in [2.75, 3.05) is 31.1 Å². The van der Waals surface area contributed by atoms with Crippen molar-refractivity contribution in [3.05, 3.63) is 28.2 Å². The largest absolute Gasteiger partial charge is 0.367 e. The molecule has 2 rings (SSSR count). The van der Waals surface area contributed by atoms with Gasteiger partial charge in [-0.2, -0.15) is 0 Å². The number of hydrogen-bond donors (Lipinski definition) is 0. The van der Waals surface area contributed by atoms with E-state index in [-0.39, 0.29) is 5.91 Å². The summed E-state index contributed by atoms with van der Waals surface area (Å²) in [4.78, 5) is 15.5. The first-order valence-corrected chi connectivity index (χ1v) is 6.64. The van der Waals surface area contributed by atoms with Gasteiger partial charge < -0.3 is 9.80 Å². The number of aryl methyl sites for hydroxylation is 1. The summed E-state index contributed by atoms with van der Waals surface area (Å²) >= 11 is 3.60. The topological polar surface area (TPSA) is 23.6 Å². The maximum atomic E-state index is 11.3. The van der Waals surface area contributed by atoms with Crippen LogP contribution >= 0.6 is 15.9 Å². The van der Waals surface area contributed by atoms with Crippen LogP contribution in [0.2, 0.25) is 0 Å². The van der Waals surface area contributed by atoms with Crippen LogP contribution in [0.25, 0.3) is 0 Å². The first-order chi connectivity index (χ1) is 8.08. The second-order valence-electron chi connectivity index (χ2n) is 4.45. The van der Waals surface area contributed by atoms with Crippen LogP contribution in [0.15, 0.2) is 22.7 Å². The summed E-state index contributed by atoms with van der Waals surface area (Å²) < 4.78 is 1.13. The van der Waals surface area contributed by atoms with E-state index in [2.05, 4.69) is 46.0 Å². The zero-order valence-corrected chi connectivity index (χ0v) is 11.8. The van der Waals surface area contributed by atoms with Crippen molar-refractivity contribution in [1.29, 1.82) is 0 Å². The van der Waals surface area contributed by atoms with E-state index >= 15 is 0 Å². The monoisotopic (exact) mass is 296 g/mol. The number of nitrogens with zero attached hydrogens (tertiary/aromatic N) is 2. The molecule has 0 unspecified atom stereocenters. The molecule has 0 N–H and O–H groups in total. The lowest BCUT2D eigenvalue weighted by Gasteiger charge is -2.36. The minimum Gasteiger partial charge on any atom is -0.367 e. The second-order valence-corrected chi connectivity index (χ2v) is 5.30. The standard InChI is InChI=1S/C13H17BrN2O/c1-10-3-4-13(12(14)9-10)16-7-5-15(6-8-16)11(2)17/h3-4,9H,5-8H2,1-2H3. The minimum absolute atomic E-state index is 0.174. The molecule has 4 heteroatoms. The highest BCUT2D eigenvalue weighted by Crippen LogP contribution is 2.27. The normalized spacial score (nSPS) is 16.2. The predicted molar refractivity (Wildman–Crippen MR) is 73.3 cm³/mol. The number of halogens is 1. The van der Waals surface area contributed by atoms with Gasteiger partial charge in [0.05, 0.1) is 5.69 Å². The Morgan fingerprint density at radius 1 is 1.24 bits per heavy atom. The number of benzene rings is 1. The highest BCUT2D eigenvalue weighted by atomic mass is 79.9. The lowest BCUT2D eigenvalue weighted by molar-refractivity contribution is -0.129. The summed E-state index contributed by atoms with van der Waals surface area (Å²) in [5, 5.41) is 0. The zero-order chi connectivity index (χ0) is 12.4. The molecular formula is C13H17BrN2O. The van der Waals surface area contributed by atoms with Gasteiger partial charge in [0.15, 0.2) is 0 Å². The Morgan fingerprint density at radius 2 is 1.88 bits per heavy atom. The molecule has 17 heavy (non-hydrogen) atoms. The quantitative estimate of drug-likeness (QED) is 0.795. The van der Waals surface area contributed by atoms with Gasteiger partial charge in [-0.05, 0) is 40.5 Å². The summed E-state index contributed by atoms with van der Waals surface area (Å²) in [6.07, 6.45) is 0. The molecule has 1 saturated heterocycles. The molecule has 1 aromatic rings. The van der Waals surface area contributed by atoms with Crippen molar-refractivity contribution in [3.8, 4) is 0 Å². The van der Waals surface area contributed by atoms with Crippen LogP contribution in [0, 0.1) is 6.92 Å². The Balaban J connectivity index is 2.08. The smallest absolute Gasteiger partial charge is 0.219 e. The van der Waals surface area contributed by atoms with Gasteiger partial charge in [-0.25, -0.2) is 0 Å². The second kappa shape index (κ2) is 5.08. The Labute approximate surface area is 111 Å². The highest BCUT2D eigenvalue weighted by Gasteiger charge is 2.19. The molecule has 1 aliphatic heterocycles. The molecule has 0 aliphatic carbocycles. The van der Waals surface area contributed by atoms with E-state index in [9.17, 15) is 4.79 Å². The van der Waals surface area contributed by atoms with E-state index < -0.39 is 0 Å². The van der Waals surface area contributed by atoms with Gasteiger partial charge >= 0.3 is 0 Å². The van der Waals surface area contributed by atoms with Gasteiger partial charge in [0.2, 0.25) is 5.91 Å². The Bertz CT molecular complexity index is 425. The van der Waals surface area contributed by atoms with Crippen LogP contribution in [0.5, 0.6) is 0 Å². The minimum atomic E-state index is 0.174. The molecule has 1 heterocycles. The molecular weight excluding hydrogens is 280 g/mol. The lowest BCUT2D eigenvalue weighted by Crippen LogP contribution is -2.48. The van der Waals surface area contributed by atoms with Crippen molar-refractivity contribution in [1.82, 2.24) is 4.90 Å². The van der Waals surface area contributed by atoms with Crippen LogP contribution in [0.3, 0.4) is 0 Å². The summed E-state index contributed by atoms with van der Waals surface area (Å²) in [7, 11) is 0. The summed E-state index contributed by atoms with van der Waals surface area (Å²) in [6.45, 7) is 7.16.